The summed E-state index contributed by atoms with van der Waals surface area (Å²) >= 11 is 1.83. The zero-order chi connectivity index (χ0) is 6.04. The predicted molar refractivity (Wildman–Crippen MR) is 38.9 cm³/mol. The number of nitrogens with one attached hydrogen (secondary N) is 1. The third kappa shape index (κ3) is 1.67. The summed E-state index contributed by atoms with van der Waals surface area (Å²) in [6.45, 7) is 2.34. The molecule has 0 aromatic rings. The summed E-state index contributed by atoms with van der Waals surface area (Å²) in [4.78, 5) is 0. The largest absolute Gasteiger partial charge is 0.267 e. The van der Waals surface area contributed by atoms with Crippen LogP contribution in [0.15, 0.2) is 0 Å². The second-order valence-electron chi connectivity index (χ2n) is 2.80. The number of rotatable bonds is 3. The molecule has 1 aliphatic carbocycles. The van der Waals surface area contributed by atoms with E-state index in [1.807, 2.05) is 19.0 Å². The van der Waals surface area contributed by atoms with E-state index >= 15 is 0 Å². The van der Waals surface area contributed by atoms with Crippen molar-refractivity contribution >= 4 is 11.9 Å². The molecule has 0 saturated heterocycles. The van der Waals surface area contributed by atoms with Gasteiger partial charge < -0.3 is 0 Å². The Kier molecular flexibility index (Phi) is 1.83. The van der Waals surface area contributed by atoms with Gasteiger partial charge in [0.1, 0.15) is 0 Å². The number of hydrogen-bond donors (Lipinski definition) is 1. The second-order valence-corrected chi connectivity index (χ2v) is 3.79. The first-order chi connectivity index (χ1) is 3.77. The molecule has 1 aliphatic rings. The standard InChI is InChI=1S/C6H13NS/c1-6(3-4-6)5-8-7-2/h7H,3-5H2,1-2H3. The van der Waals surface area contributed by atoms with Crippen LogP contribution in [-0.4, -0.2) is 12.8 Å². The first-order valence-electron chi connectivity index (χ1n) is 3.05. The van der Waals surface area contributed by atoms with Gasteiger partial charge in [0, 0.05) is 5.75 Å². The zero-order valence-corrected chi connectivity index (χ0v) is 6.35. The minimum atomic E-state index is 0.702. The molecule has 2 heteroatoms. The van der Waals surface area contributed by atoms with Crippen LogP contribution in [0.5, 0.6) is 0 Å². The van der Waals surface area contributed by atoms with Crippen LogP contribution in [-0.2, 0) is 0 Å². The Bertz CT molecular complexity index is 78.6. The van der Waals surface area contributed by atoms with Crippen LogP contribution in [0.4, 0.5) is 0 Å². The molecule has 48 valence electrons. The van der Waals surface area contributed by atoms with Crippen LogP contribution in [0.2, 0.25) is 0 Å². The van der Waals surface area contributed by atoms with E-state index < -0.39 is 0 Å². The van der Waals surface area contributed by atoms with Gasteiger partial charge in [-0.2, -0.15) is 0 Å². The highest BCUT2D eigenvalue weighted by Gasteiger charge is 2.36. The summed E-state index contributed by atoms with van der Waals surface area (Å²) in [6, 6.07) is 0. The maximum atomic E-state index is 3.08. The van der Waals surface area contributed by atoms with Crippen molar-refractivity contribution in [3.63, 3.8) is 0 Å². The van der Waals surface area contributed by atoms with Gasteiger partial charge in [-0.05, 0) is 25.3 Å². The van der Waals surface area contributed by atoms with Crippen molar-refractivity contribution in [1.29, 1.82) is 0 Å². The van der Waals surface area contributed by atoms with Gasteiger partial charge in [0.2, 0.25) is 0 Å². The third-order valence-corrected chi connectivity index (χ3v) is 2.80. The molecule has 1 fully saturated rings. The van der Waals surface area contributed by atoms with Gasteiger partial charge in [-0.3, -0.25) is 4.72 Å². The Morgan fingerprint density at radius 1 is 1.62 bits per heavy atom. The van der Waals surface area contributed by atoms with E-state index in [4.69, 9.17) is 0 Å². The maximum absolute atomic E-state index is 3.08. The molecule has 0 atom stereocenters. The van der Waals surface area contributed by atoms with Crippen LogP contribution in [0.1, 0.15) is 19.8 Å². The average molecular weight is 131 g/mol. The lowest BCUT2D eigenvalue weighted by Crippen LogP contribution is -2.02. The van der Waals surface area contributed by atoms with Gasteiger partial charge in [-0.1, -0.05) is 18.9 Å². The molecule has 8 heavy (non-hydrogen) atoms. The smallest absolute Gasteiger partial charge is 0.0132 e. The molecule has 0 heterocycles. The second kappa shape index (κ2) is 2.28. The molecule has 0 spiro atoms. The highest BCUT2D eigenvalue weighted by molar-refractivity contribution is 7.97. The van der Waals surface area contributed by atoms with Gasteiger partial charge in [0.05, 0.1) is 0 Å². The summed E-state index contributed by atoms with van der Waals surface area (Å²) in [6.07, 6.45) is 2.86. The quantitative estimate of drug-likeness (QED) is 0.584. The normalized spacial score (nSPS) is 23.2. The minimum Gasteiger partial charge on any atom is -0.267 e. The molecular weight excluding hydrogens is 118 g/mol. The fraction of sp³-hybridized carbons (Fsp3) is 1.00. The SMILES string of the molecule is CNSCC1(C)CC1. The van der Waals surface area contributed by atoms with Gasteiger partial charge in [0.15, 0.2) is 0 Å². The number of hydrogen-bond acceptors (Lipinski definition) is 2. The molecule has 0 aromatic heterocycles. The topological polar surface area (TPSA) is 12.0 Å². The van der Waals surface area contributed by atoms with Crippen molar-refractivity contribution in [3.05, 3.63) is 0 Å². The van der Waals surface area contributed by atoms with Crippen molar-refractivity contribution < 1.29 is 0 Å². The summed E-state index contributed by atoms with van der Waals surface area (Å²) in [5, 5.41) is 0. The van der Waals surface area contributed by atoms with Crippen molar-refractivity contribution in [3.8, 4) is 0 Å². The summed E-state index contributed by atoms with van der Waals surface area (Å²) in [7, 11) is 1.98. The zero-order valence-electron chi connectivity index (χ0n) is 5.53. The van der Waals surface area contributed by atoms with E-state index in [0.29, 0.717) is 5.41 Å². The van der Waals surface area contributed by atoms with Gasteiger partial charge in [-0.15, -0.1) is 0 Å². The average Bonchev–Trinajstić information content (AvgIpc) is 2.45. The van der Waals surface area contributed by atoms with E-state index in [1.54, 1.807) is 0 Å². The summed E-state index contributed by atoms with van der Waals surface area (Å²) in [5.74, 6) is 1.28. The molecule has 0 bridgehead atoms. The van der Waals surface area contributed by atoms with E-state index in [1.165, 1.54) is 18.6 Å². The first-order valence-corrected chi connectivity index (χ1v) is 4.04. The lowest BCUT2D eigenvalue weighted by atomic mass is 10.2. The molecule has 0 radical (unpaired) electrons. The fourth-order valence-electron chi connectivity index (χ4n) is 0.604. The highest BCUT2D eigenvalue weighted by Crippen LogP contribution is 2.46. The summed E-state index contributed by atoms with van der Waals surface area (Å²) in [5.41, 5.74) is 0.702. The fourth-order valence-corrected chi connectivity index (χ4v) is 1.39. The molecule has 0 aliphatic heterocycles. The van der Waals surface area contributed by atoms with Crippen molar-refractivity contribution in [2.24, 2.45) is 5.41 Å². The van der Waals surface area contributed by atoms with Crippen molar-refractivity contribution in [1.82, 2.24) is 4.72 Å². The Morgan fingerprint density at radius 3 is 2.62 bits per heavy atom. The lowest BCUT2D eigenvalue weighted by molar-refractivity contribution is 0.665. The van der Waals surface area contributed by atoms with Crippen molar-refractivity contribution in [2.45, 2.75) is 19.8 Å². The van der Waals surface area contributed by atoms with E-state index in [-0.39, 0.29) is 0 Å². The molecule has 0 amide bonds. The lowest BCUT2D eigenvalue weighted by Gasteiger charge is -2.03. The minimum absolute atomic E-state index is 0.702. The molecular formula is C6H13NS. The predicted octanol–water partition coefficient (Wildman–Crippen LogP) is 1.65. The van der Waals surface area contributed by atoms with Crippen LogP contribution in [0.3, 0.4) is 0 Å². The monoisotopic (exact) mass is 131 g/mol. The van der Waals surface area contributed by atoms with Gasteiger partial charge in [-0.25, -0.2) is 0 Å². The Labute approximate surface area is 55.4 Å². The highest BCUT2D eigenvalue weighted by atomic mass is 32.2. The Morgan fingerprint density at radius 2 is 2.25 bits per heavy atom. The maximum Gasteiger partial charge on any atom is 0.0132 e. The van der Waals surface area contributed by atoms with Crippen LogP contribution in [0.25, 0.3) is 0 Å². The third-order valence-electron chi connectivity index (χ3n) is 1.67. The summed E-state index contributed by atoms with van der Waals surface area (Å²) < 4.78 is 3.08. The first kappa shape index (κ1) is 6.43. The van der Waals surface area contributed by atoms with Crippen LogP contribution >= 0.6 is 11.9 Å². The molecule has 0 aromatic carbocycles. The van der Waals surface area contributed by atoms with Gasteiger partial charge >= 0.3 is 0 Å². The van der Waals surface area contributed by atoms with Crippen LogP contribution in [0, 0.1) is 5.41 Å². The van der Waals surface area contributed by atoms with E-state index in [0.717, 1.165) is 0 Å². The van der Waals surface area contributed by atoms with Crippen molar-refractivity contribution in [2.75, 3.05) is 12.8 Å². The molecule has 1 saturated carbocycles. The van der Waals surface area contributed by atoms with E-state index in [2.05, 4.69) is 11.6 Å². The Hall–Kier alpha value is 0.310. The van der Waals surface area contributed by atoms with E-state index in [9.17, 15) is 0 Å². The van der Waals surface area contributed by atoms with Gasteiger partial charge in [0.25, 0.3) is 0 Å². The van der Waals surface area contributed by atoms with Crippen LogP contribution < -0.4 is 4.72 Å². The molecule has 1 rings (SSSR count). The molecule has 1 N–H and O–H groups in total. The molecule has 1 nitrogen and oxygen atoms in total. The molecule has 0 unspecified atom stereocenters. The Balaban J connectivity index is 2.01.